The van der Waals surface area contributed by atoms with Crippen LogP contribution in [0.1, 0.15) is 25.0 Å². The third-order valence-electron chi connectivity index (χ3n) is 12.6. The molecule has 0 aliphatic heterocycles. The van der Waals surface area contributed by atoms with Crippen molar-refractivity contribution in [3.8, 4) is 44.5 Å². The van der Waals surface area contributed by atoms with Gasteiger partial charge in [0, 0.05) is 21.8 Å². The molecule has 0 saturated carbocycles. The number of rotatable bonds is 3. The molecule has 0 unspecified atom stereocenters. The van der Waals surface area contributed by atoms with Crippen molar-refractivity contribution in [2.75, 3.05) is 0 Å². The molecule has 10 aromatic carbocycles. The molecule has 12 rings (SSSR count). The monoisotopic (exact) mass is 712 g/mol. The Kier molecular flexibility index (Phi) is 6.46. The summed E-state index contributed by atoms with van der Waals surface area (Å²) >= 11 is 0. The lowest BCUT2D eigenvalue weighted by molar-refractivity contribution is 0.657. The van der Waals surface area contributed by atoms with Gasteiger partial charge in [0.25, 0.3) is 0 Å². The van der Waals surface area contributed by atoms with Gasteiger partial charge in [-0.25, -0.2) is 0 Å². The van der Waals surface area contributed by atoms with Crippen LogP contribution in [0.3, 0.4) is 0 Å². The molecule has 1 aromatic heterocycles. The van der Waals surface area contributed by atoms with Crippen molar-refractivity contribution < 1.29 is 4.42 Å². The molecule has 56 heavy (non-hydrogen) atoms. The number of hydrogen-bond acceptors (Lipinski definition) is 1. The van der Waals surface area contributed by atoms with E-state index in [0.717, 1.165) is 22.3 Å². The Morgan fingerprint density at radius 2 is 0.893 bits per heavy atom. The first-order valence-electron chi connectivity index (χ1n) is 19.6. The third-order valence-corrected chi connectivity index (χ3v) is 12.6. The van der Waals surface area contributed by atoms with E-state index in [1.165, 1.54) is 98.4 Å². The third kappa shape index (κ3) is 4.26. The largest absolute Gasteiger partial charge is 0.455 e. The molecule has 0 saturated heterocycles. The zero-order valence-electron chi connectivity index (χ0n) is 31.2. The van der Waals surface area contributed by atoms with Gasteiger partial charge < -0.3 is 4.42 Å². The topological polar surface area (TPSA) is 13.1 Å². The van der Waals surface area contributed by atoms with E-state index in [1.54, 1.807) is 0 Å². The van der Waals surface area contributed by atoms with Gasteiger partial charge in [-0.2, -0.15) is 0 Å². The number of fused-ring (bicyclic) bond motifs is 11. The summed E-state index contributed by atoms with van der Waals surface area (Å²) in [5, 5.41) is 12.3. The molecular formula is C55H36O. The highest BCUT2D eigenvalue weighted by Crippen LogP contribution is 2.54. The standard InChI is InChI=1S/C55H36O/c1-55(2)46-25-12-11-23-44(46)52-47(55)30-31-48-53(52)45-32-36-15-4-6-18-38(36)50(54(45)56-48)35-28-26-34(27-29-35)49-40-19-7-9-21-42(40)51(43-22-10-8-20-41(43)49)39-24-13-16-33-14-3-5-17-37(33)39/h3-32H,1-2H3. The van der Waals surface area contributed by atoms with Crippen LogP contribution in [0.4, 0.5) is 0 Å². The van der Waals surface area contributed by atoms with Crippen LogP contribution in [-0.4, -0.2) is 0 Å². The van der Waals surface area contributed by atoms with Crippen molar-refractivity contribution in [1.82, 2.24) is 0 Å². The molecule has 0 fully saturated rings. The Balaban J connectivity index is 1.09. The van der Waals surface area contributed by atoms with Crippen LogP contribution in [0.15, 0.2) is 186 Å². The summed E-state index contributed by atoms with van der Waals surface area (Å²) in [4.78, 5) is 0. The molecule has 0 radical (unpaired) electrons. The lowest BCUT2D eigenvalue weighted by atomic mass is 9.82. The van der Waals surface area contributed by atoms with Gasteiger partial charge in [-0.3, -0.25) is 0 Å². The van der Waals surface area contributed by atoms with E-state index < -0.39 is 0 Å². The summed E-state index contributed by atoms with van der Waals surface area (Å²) in [6.45, 7) is 4.69. The van der Waals surface area contributed by atoms with Crippen LogP contribution in [0.25, 0.3) is 110 Å². The number of furan rings is 1. The van der Waals surface area contributed by atoms with Gasteiger partial charge in [-0.15, -0.1) is 0 Å². The second kappa shape index (κ2) is 11.5. The average molecular weight is 713 g/mol. The SMILES string of the molecule is CC1(C)c2ccccc2-c2c1ccc1oc3c(-c4ccc(-c5c6ccccc6c(-c6cccc7ccccc67)c6ccccc56)cc4)c4ccccc4cc3c21. The fraction of sp³-hybridized carbons (Fsp3) is 0.0545. The molecule has 0 N–H and O–H groups in total. The normalized spacial score (nSPS) is 13.3. The minimum Gasteiger partial charge on any atom is -0.455 e. The summed E-state index contributed by atoms with van der Waals surface area (Å²) in [7, 11) is 0. The Bertz CT molecular complexity index is 3370. The van der Waals surface area contributed by atoms with Crippen molar-refractivity contribution in [3.05, 3.63) is 193 Å². The van der Waals surface area contributed by atoms with Crippen molar-refractivity contribution in [1.29, 1.82) is 0 Å². The van der Waals surface area contributed by atoms with E-state index in [1.807, 2.05) is 0 Å². The second-order valence-corrected chi connectivity index (χ2v) is 15.9. The van der Waals surface area contributed by atoms with Crippen LogP contribution < -0.4 is 0 Å². The zero-order valence-corrected chi connectivity index (χ0v) is 31.2. The summed E-state index contributed by atoms with van der Waals surface area (Å²) in [5.74, 6) is 0. The minimum atomic E-state index is -0.0827. The fourth-order valence-electron chi connectivity index (χ4n) is 10.1. The highest BCUT2D eigenvalue weighted by atomic mass is 16.3. The molecule has 0 bridgehead atoms. The lowest BCUT2D eigenvalue weighted by Crippen LogP contribution is -2.14. The molecule has 1 aliphatic carbocycles. The van der Waals surface area contributed by atoms with Gasteiger partial charge in [0.2, 0.25) is 0 Å². The summed E-state index contributed by atoms with van der Waals surface area (Å²) < 4.78 is 6.97. The first-order chi connectivity index (χ1) is 27.6. The zero-order chi connectivity index (χ0) is 37.1. The fourth-order valence-corrected chi connectivity index (χ4v) is 10.1. The van der Waals surface area contributed by atoms with Crippen LogP contribution in [0.5, 0.6) is 0 Å². The second-order valence-electron chi connectivity index (χ2n) is 15.9. The predicted octanol–water partition coefficient (Wildman–Crippen LogP) is 15.5. The van der Waals surface area contributed by atoms with E-state index >= 15 is 0 Å². The Morgan fingerprint density at radius 1 is 0.357 bits per heavy atom. The lowest BCUT2D eigenvalue weighted by Gasteiger charge is -2.21. The van der Waals surface area contributed by atoms with Crippen molar-refractivity contribution in [2.24, 2.45) is 0 Å². The van der Waals surface area contributed by atoms with Gasteiger partial charge in [0.05, 0.1) is 0 Å². The maximum atomic E-state index is 6.97. The van der Waals surface area contributed by atoms with Crippen molar-refractivity contribution in [3.63, 3.8) is 0 Å². The van der Waals surface area contributed by atoms with E-state index in [4.69, 9.17) is 4.42 Å². The van der Waals surface area contributed by atoms with Gasteiger partial charge in [0.1, 0.15) is 11.2 Å². The quantitative estimate of drug-likeness (QED) is 0.166. The van der Waals surface area contributed by atoms with Crippen molar-refractivity contribution >= 4 is 65.0 Å². The summed E-state index contributed by atoms with van der Waals surface area (Å²) in [6, 6.07) is 67.0. The van der Waals surface area contributed by atoms with Crippen molar-refractivity contribution in [2.45, 2.75) is 19.3 Å². The number of benzene rings is 10. The number of hydrogen-bond donors (Lipinski definition) is 0. The Labute approximate surface area is 325 Å². The van der Waals surface area contributed by atoms with Gasteiger partial charge in [0.15, 0.2) is 0 Å². The molecule has 1 aliphatic rings. The maximum absolute atomic E-state index is 6.97. The maximum Gasteiger partial charge on any atom is 0.143 e. The highest BCUT2D eigenvalue weighted by Gasteiger charge is 2.37. The molecule has 11 aromatic rings. The van der Waals surface area contributed by atoms with Crippen LogP contribution in [0.2, 0.25) is 0 Å². The van der Waals surface area contributed by atoms with Crippen LogP contribution in [-0.2, 0) is 5.41 Å². The molecule has 0 atom stereocenters. The summed E-state index contributed by atoms with van der Waals surface area (Å²) in [6.07, 6.45) is 0. The van der Waals surface area contributed by atoms with E-state index in [0.29, 0.717) is 0 Å². The summed E-state index contributed by atoms with van der Waals surface area (Å²) in [5.41, 5.74) is 14.4. The molecule has 1 nitrogen and oxygen atoms in total. The van der Waals surface area contributed by atoms with Crippen LogP contribution >= 0.6 is 0 Å². The van der Waals surface area contributed by atoms with Crippen LogP contribution in [0, 0.1) is 0 Å². The molecule has 1 heterocycles. The smallest absolute Gasteiger partial charge is 0.143 e. The minimum absolute atomic E-state index is 0.0827. The van der Waals surface area contributed by atoms with Gasteiger partial charge in [-0.1, -0.05) is 184 Å². The molecule has 0 spiro atoms. The molecule has 262 valence electrons. The first kappa shape index (κ1) is 31.4. The average Bonchev–Trinajstić information content (AvgIpc) is 3.73. The van der Waals surface area contributed by atoms with E-state index in [-0.39, 0.29) is 5.41 Å². The molecular weight excluding hydrogens is 677 g/mol. The van der Waals surface area contributed by atoms with Gasteiger partial charge in [-0.05, 0) is 105 Å². The Hall–Kier alpha value is -6.96. The van der Waals surface area contributed by atoms with Gasteiger partial charge >= 0.3 is 0 Å². The highest BCUT2D eigenvalue weighted by molar-refractivity contribution is 6.25. The predicted molar refractivity (Wildman–Crippen MR) is 238 cm³/mol. The first-order valence-corrected chi connectivity index (χ1v) is 19.6. The van der Waals surface area contributed by atoms with E-state index in [2.05, 4.69) is 196 Å². The molecule has 0 amide bonds. The van der Waals surface area contributed by atoms with E-state index in [9.17, 15) is 0 Å². The molecule has 1 heteroatoms. The Morgan fingerprint density at radius 3 is 1.61 bits per heavy atom.